The summed E-state index contributed by atoms with van der Waals surface area (Å²) >= 11 is 1.55. The topological polar surface area (TPSA) is 50.4 Å². The van der Waals surface area contributed by atoms with E-state index in [1.165, 1.54) is 37.7 Å². The standard InChI is InChI=1S/C18H21N3OS/c1-12-20-21-16(11-22)17(19-18(21)23-12)15-9-7-14(8-10-15)13-5-3-2-4-6-13/h7-10,13,22H,2-6,11H2,1H3. The van der Waals surface area contributed by atoms with Gasteiger partial charge in [0.05, 0.1) is 18.0 Å². The maximum atomic E-state index is 9.74. The van der Waals surface area contributed by atoms with Gasteiger partial charge < -0.3 is 5.11 Å². The number of hydrogen-bond acceptors (Lipinski definition) is 4. The van der Waals surface area contributed by atoms with E-state index < -0.39 is 0 Å². The summed E-state index contributed by atoms with van der Waals surface area (Å²) in [7, 11) is 0. The van der Waals surface area contributed by atoms with Gasteiger partial charge in [0.15, 0.2) is 0 Å². The van der Waals surface area contributed by atoms with Crippen molar-refractivity contribution in [2.24, 2.45) is 0 Å². The van der Waals surface area contributed by atoms with Gasteiger partial charge in [0.1, 0.15) is 5.01 Å². The van der Waals surface area contributed by atoms with Gasteiger partial charge in [0, 0.05) is 5.56 Å². The average Bonchev–Trinajstić information content (AvgIpc) is 3.11. The Bertz CT molecular complexity index is 813. The van der Waals surface area contributed by atoms with Crippen molar-refractivity contribution in [2.75, 3.05) is 0 Å². The summed E-state index contributed by atoms with van der Waals surface area (Å²) in [6.45, 7) is 1.91. The molecule has 4 rings (SSSR count). The van der Waals surface area contributed by atoms with Gasteiger partial charge in [-0.25, -0.2) is 9.50 Å². The number of aliphatic hydroxyl groups excluding tert-OH is 1. The molecule has 1 saturated carbocycles. The Labute approximate surface area is 139 Å². The molecule has 1 aromatic carbocycles. The van der Waals surface area contributed by atoms with Crippen molar-refractivity contribution in [1.82, 2.24) is 14.6 Å². The van der Waals surface area contributed by atoms with Crippen LogP contribution in [-0.2, 0) is 6.61 Å². The summed E-state index contributed by atoms with van der Waals surface area (Å²) in [4.78, 5) is 5.52. The molecule has 1 aliphatic carbocycles. The second kappa shape index (κ2) is 6.06. The van der Waals surface area contributed by atoms with Crippen LogP contribution in [-0.4, -0.2) is 19.7 Å². The molecule has 4 nitrogen and oxygen atoms in total. The molecule has 0 amide bonds. The fourth-order valence-corrected chi connectivity index (χ4v) is 4.37. The molecule has 3 aromatic rings. The Morgan fingerprint density at radius 2 is 1.91 bits per heavy atom. The van der Waals surface area contributed by atoms with Crippen LogP contribution in [0.15, 0.2) is 24.3 Å². The summed E-state index contributed by atoms with van der Waals surface area (Å²) in [6.07, 6.45) is 6.70. The van der Waals surface area contributed by atoms with Crippen LogP contribution in [0.5, 0.6) is 0 Å². The Morgan fingerprint density at radius 1 is 1.17 bits per heavy atom. The van der Waals surface area contributed by atoms with E-state index in [2.05, 4.69) is 34.3 Å². The molecule has 2 heterocycles. The van der Waals surface area contributed by atoms with Gasteiger partial charge in [0.2, 0.25) is 4.96 Å². The van der Waals surface area contributed by atoms with E-state index in [1.54, 1.807) is 15.9 Å². The number of benzene rings is 1. The van der Waals surface area contributed by atoms with Gasteiger partial charge >= 0.3 is 0 Å². The third-order valence-corrected chi connectivity index (χ3v) is 5.63. The molecule has 0 unspecified atom stereocenters. The number of aliphatic hydroxyl groups is 1. The maximum absolute atomic E-state index is 9.74. The summed E-state index contributed by atoms with van der Waals surface area (Å²) < 4.78 is 1.77. The van der Waals surface area contributed by atoms with Crippen molar-refractivity contribution in [3.05, 3.63) is 40.5 Å². The van der Waals surface area contributed by atoms with Crippen LogP contribution < -0.4 is 0 Å². The first-order valence-electron chi connectivity index (χ1n) is 8.32. The smallest absolute Gasteiger partial charge is 0.213 e. The molecule has 1 fully saturated rings. The molecule has 0 bridgehead atoms. The highest BCUT2D eigenvalue weighted by molar-refractivity contribution is 7.16. The minimum atomic E-state index is -0.0515. The first kappa shape index (κ1) is 14.8. The second-order valence-corrected chi connectivity index (χ2v) is 7.50. The van der Waals surface area contributed by atoms with Gasteiger partial charge in [-0.05, 0) is 31.2 Å². The molecule has 0 saturated heterocycles. The fraction of sp³-hybridized carbons (Fsp3) is 0.444. The highest BCUT2D eigenvalue weighted by Gasteiger charge is 2.18. The first-order valence-corrected chi connectivity index (χ1v) is 9.14. The third kappa shape index (κ3) is 2.68. The lowest BCUT2D eigenvalue weighted by atomic mass is 9.84. The zero-order chi connectivity index (χ0) is 15.8. The van der Waals surface area contributed by atoms with Crippen molar-refractivity contribution >= 4 is 16.3 Å². The molecular formula is C18H21N3OS. The van der Waals surface area contributed by atoms with E-state index in [4.69, 9.17) is 0 Å². The number of fused-ring (bicyclic) bond motifs is 1. The van der Waals surface area contributed by atoms with Crippen molar-refractivity contribution in [2.45, 2.75) is 51.6 Å². The van der Waals surface area contributed by atoms with Crippen LogP contribution >= 0.6 is 11.3 Å². The monoisotopic (exact) mass is 327 g/mol. The van der Waals surface area contributed by atoms with Crippen LogP contribution in [0.2, 0.25) is 0 Å². The van der Waals surface area contributed by atoms with E-state index in [9.17, 15) is 5.11 Å². The number of aromatic nitrogens is 3. The summed E-state index contributed by atoms with van der Waals surface area (Å²) in [6, 6.07) is 8.75. The minimum Gasteiger partial charge on any atom is -0.390 e. The van der Waals surface area contributed by atoms with Crippen molar-refractivity contribution < 1.29 is 5.11 Å². The number of hydrogen-bond donors (Lipinski definition) is 1. The van der Waals surface area contributed by atoms with E-state index in [0.717, 1.165) is 26.9 Å². The number of aryl methyl sites for hydroxylation is 1. The largest absolute Gasteiger partial charge is 0.390 e. The van der Waals surface area contributed by atoms with Crippen LogP contribution in [0.4, 0.5) is 0 Å². The van der Waals surface area contributed by atoms with Crippen molar-refractivity contribution in [1.29, 1.82) is 0 Å². The molecule has 0 atom stereocenters. The van der Waals surface area contributed by atoms with E-state index in [-0.39, 0.29) is 6.61 Å². The molecule has 120 valence electrons. The Hall–Kier alpha value is -1.72. The Kier molecular flexibility index (Phi) is 3.91. The lowest BCUT2D eigenvalue weighted by molar-refractivity contribution is 0.275. The van der Waals surface area contributed by atoms with Gasteiger partial charge in [-0.2, -0.15) is 5.10 Å². The molecular weight excluding hydrogens is 306 g/mol. The lowest BCUT2D eigenvalue weighted by Crippen LogP contribution is -2.04. The van der Waals surface area contributed by atoms with E-state index in [1.807, 2.05) is 6.92 Å². The van der Waals surface area contributed by atoms with E-state index >= 15 is 0 Å². The highest BCUT2D eigenvalue weighted by Crippen LogP contribution is 2.34. The number of rotatable bonds is 3. The Morgan fingerprint density at radius 3 is 2.61 bits per heavy atom. The summed E-state index contributed by atoms with van der Waals surface area (Å²) in [5.41, 5.74) is 4.12. The fourth-order valence-electron chi connectivity index (χ4n) is 3.61. The quantitative estimate of drug-likeness (QED) is 0.780. The zero-order valence-electron chi connectivity index (χ0n) is 13.3. The zero-order valence-corrected chi connectivity index (χ0v) is 14.1. The number of imidazole rings is 1. The SMILES string of the molecule is Cc1nn2c(CO)c(-c3ccc(C4CCCCC4)cc3)nc2s1. The molecule has 5 heteroatoms. The van der Waals surface area contributed by atoms with Gasteiger partial charge in [-0.15, -0.1) is 0 Å². The lowest BCUT2D eigenvalue weighted by Gasteiger charge is -2.22. The van der Waals surface area contributed by atoms with Crippen LogP contribution in [0.25, 0.3) is 16.2 Å². The summed E-state index contributed by atoms with van der Waals surface area (Å²) in [5, 5.41) is 15.1. The highest BCUT2D eigenvalue weighted by atomic mass is 32.1. The predicted octanol–water partition coefficient (Wildman–Crippen LogP) is 4.31. The minimum absolute atomic E-state index is 0.0515. The van der Waals surface area contributed by atoms with Gasteiger partial charge in [-0.1, -0.05) is 54.9 Å². The molecule has 0 radical (unpaired) electrons. The van der Waals surface area contributed by atoms with Crippen molar-refractivity contribution in [3.8, 4) is 11.3 Å². The average molecular weight is 327 g/mol. The molecule has 0 aliphatic heterocycles. The summed E-state index contributed by atoms with van der Waals surface area (Å²) in [5.74, 6) is 0.713. The molecule has 23 heavy (non-hydrogen) atoms. The first-order chi connectivity index (χ1) is 11.3. The van der Waals surface area contributed by atoms with E-state index in [0.29, 0.717) is 5.92 Å². The Balaban J connectivity index is 1.68. The normalized spacial score (nSPS) is 16.3. The van der Waals surface area contributed by atoms with Crippen LogP contribution in [0, 0.1) is 6.92 Å². The van der Waals surface area contributed by atoms with Crippen LogP contribution in [0.1, 0.15) is 54.3 Å². The predicted molar refractivity (Wildman–Crippen MR) is 92.8 cm³/mol. The molecule has 1 N–H and O–H groups in total. The number of nitrogens with zero attached hydrogens (tertiary/aromatic N) is 3. The molecule has 0 spiro atoms. The molecule has 1 aliphatic rings. The third-order valence-electron chi connectivity index (χ3n) is 4.81. The van der Waals surface area contributed by atoms with Gasteiger partial charge in [0.25, 0.3) is 0 Å². The maximum Gasteiger partial charge on any atom is 0.213 e. The molecule has 2 aromatic heterocycles. The van der Waals surface area contributed by atoms with Crippen molar-refractivity contribution in [3.63, 3.8) is 0 Å². The second-order valence-electron chi connectivity index (χ2n) is 6.34. The van der Waals surface area contributed by atoms with Gasteiger partial charge in [-0.3, -0.25) is 0 Å². The van der Waals surface area contributed by atoms with Crippen LogP contribution in [0.3, 0.4) is 0 Å².